The highest BCUT2D eigenvalue weighted by Gasteiger charge is 1.93. The van der Waals surface area contributed by atoms with Gasteiger partial charge in [0, 0.05) is 19.7 Å². The molecule has 0 radical (unpaired) electrons. The number of hydrogen-bond donors (Lipinski definition) is 1. The first-order valence-electron chi connectivity index (χ1n) is 3.53. The Balaban J connectivity index is 2.41. The van der Waals surface area contributed by atoms with Crippen LogP contribution in [0.3, 0.4) is 0 Å². The van der Waals surface area contributed by atoms with Crippen molar-refractivity contribution in [2.45, 2.75) is 0 Å². The molecular formula is C7H10ClN3O. The Hall–Kier alpha value is -0.870. The fraction of sp³-hybridized carbons (Fsp3) is 0.429. The third kappa shape index (κ3) is 3.02. The molecule has 1 aromatic rings. The van der Waals surface area contributed by atoms with Crippen LogP contribution >= 0.6 is 11.6 Å². The normalized spacial score (nSPS) is 9.83. The second kappa shape index (κ2) is 4.90. The molecule has 1 aromatic heterocycles. The van der Waals surface area contributed by atoms with Crippen LogP contribution in [0.4, 0.5) is 5.82 Å². The third-order valence-corrected chi connectivity index (χ3v) is 1.45. The van der Waals surface area contributed by atoms with Crippen molar-refractivity contribution in [3.63, 3.8) is 0 Å². The lowest BCUT2D eigenvalue weighted by Gasteiger charge is -2.03. The summed E-state index contributed by atoms with van der Waals surface area (Å²) in [6.45, 7) is 1.35. The zero-order valence-electron chi connectivity index (χ0n) is 6.75. The maximum absolute atomic E-state index is 5.64. The van der Waals surface area contributed by atoms with Crippen molar-refractivity contribution < 1.29 is 4.74 Å². The first kappa shape index (κ1) is 9.22. The summed E-state index contributed by atoms with van der Waals surface area (Å²) in [4.78, 5) is 7.70. The summed E-state index contributed by atoms with van der Waals surface area (Å²) in [6.07, 6.45) is 1.41. The van der Waals surface area contributed by atoms with Crippen molar-refractivity contribution in [1.29, 1.82) is 0 Å². The molecule has 12 heavy (non-hydrogen) atoms. The molecular weight excluding hydrogens is 178 g/mol. The molecule has 0 bridgehead atoms. The van der Waals surface area contributed by atoms with Crippen LogP contribution in [-0.2, 0) is 4.74 Å². The van der Waals surface area contributed by atoms with Gasteiger partial charge in [0.05, 0.1) is 6.61 Å². The molecule has 0 amide bonds. The molecule has 1 N–H and O–H groups in total. The van der Waals surface area contributed by atoms with E-state index in [9.17, 15) is 0 Å². The van der Waals surface area contributed by atoms with Gasteiger partial charge in [0.2, 0.25) is 0 Å². The topological polar surface area (TPSA) is 47.0 Å². The molecule has 0 atom stereocenters. The lowest BCUT2D eigenvalue weighted by atomic mass is 10.5. The van der Waals surface area contributed by atoms with Gasteiger partial charge in [0.15, 0.2) is 0 Å². The lowest BCUT2D eigenvalue weighted by molar-refractivity contribution is 0.210. The zero-order chi connectivity index (χ0) is 8.81. The van der Waals surface area contributed by atoms with Gasteiger partial charge in [-0.3, -0.25) is 0 Å². The molecule has 0 aliphatic rings. The van der Waals surface area contributed by atoms with E-state index in [2.05, 4.69) is 15.3 Å². The van der Waals surface area contributed by atoms with Gasteiger partial charge in [-0.25, -0.2) is 9.97 Å². The van der Waals surface area contributed by atoms with Crippen LogP contribution in [0.5, 0.6) is 0 Å². The highest BCUT2D eigenvalue weighted by atomic mass is 35.5. The smallest absolute Gasteiger partial charge is 0.134 e. The Morgan fingerprint density at radius 2 is 2.42 bits per heavy atom. The summed E-state index contributed by atoms with van der Waals surface area (Å²) in [5.74, 6) is 0.715. The van der Waals surface area contributed by atoms with Crippen LogP contribution in [0.25, 0.3) is 0 Å². The van der Waals surface area contributed by atoms with E-state index in [0.29, 0.717) is 24.1 Å². The number of halogens is 1. The van der Waals surface area contributed by atoms with Gasteiger partial charge in [0.1, 0.15) is 17.3 Å². The Kier molecular flexibility index (Phi) is 3.76. The molecule has 0 aliphatic carbocycles. The van der Waals surface area contributed by atoms with Crippen LogP contribution < -0.4 is 5.32 Å². The van der Waals surface area contributed by atoms with Gasteiger partial charge in [-0.2, -0.15) is 0 Å². The van der Waals surface area contributed by atoms with E-state index in [0.717, 1.165) is 0 Å². The quantitative estimate of drug-likeness (QED) is 0.568. The number of aromatic nitrogens is 2. The first-order valence-corrected chi connectivity index (χ1v) is 3.91. The fourth-order valence-corrected chi connectivity index (χ4v) is 0.858. The van der Waals surface area contributed by atoms with Crippen LogP contribution in [0.1, 0.15) is 0 Å². The van der Waals surface area contributed by atoms with Crippen molar-refractivity contribution in [1.82, 2.24) is 9.97 Å². The number of hydrogen-bond acceptors (Lipinski definition) is 4. The molecule has 0 saturated heterocycles. The van der Waals surface area contributed by atoms with E-state index in [1.807, 2.05) is 0 Å². The van der Waals surface area contributed by atoms with Gasteiger partial charge in [0.25, 0.3) is 0 Å². The van der Waals surface area contributed by atoms with Crippen LogP contribution in [0, 0.1) is 0 Å². The van der Waals surface area contributed by atoms with E-state index in [4.69, 9.17) is 16.3 Å². The van der Waals surface area contributed by atoms with Crippen molar-refractivity contribution in [3.05, 3.63) is 17.5 Å². The summed E-state index contributed by atoms with van der Waals surface area (Å²) >= 11 is 5.64. The highest BCUT2D eigenvalue weighted by Crippen LogP contribution is 2.07. The Morgan fingerprint density at radius 3 is 3.08 bits per heavy atom. The van der Waals surface area contributed by atoms with E-state index < -0.39 is 0 Å². The number of rotatable bonds is 4. The Bertz CT molecular complexity index is 244. The largest absolute Gasteiger partial charge is 0.383 e. The molecule has 5 heteroatoms. The molecule has 0 aromatic carbocycles. The summed E-state index contributed by atoms with van der Waals surface area (Å²) in [7, 11) is 1.65. The molecule has 0 spiro atoms. The molecule has 0 fully saturated rings. The van der Waals surface area contributed by atoms with Crippen LogP contribution in [0.15, 0.2) is 12.4 Å². The Morgan fingerprint density at radius 1 is 1.58 bits per heavy atom. The molecule has 0 unspecified atom stereocenters. The minimum Gasteiger partial charge on any atom is -0.383 e. The predicted octanol–water partition coefficient (Wildman–Crippen LogP) is 1.19. The number of ether oxygens (including phenoxy) is 1. The maximum atomic E-state index is 5.64. The highest BCUT2D eigenvalue weighted by molar-refractivity contribution is 6.29. The molecule has 0 saturated carbocycles. The molecule has 1 rings (SSSR count). The molecule has 0 aliphatic heterocycles. The molecule has 1 heterocycles. The van der Waals surface area contributed by atoms with E-state index in [-0.39, 0.29) is 0 Å². The lowest BCUT2D eigenvalue weighted by Crippen LogP contribution is -2.08. The van der Waals surface area contributed by atoms with Gasteiger partial charge in [-0.15, -0.1) is 0 Å². The van der Waals surface area contributed by atoms with Crippen molar-refractivity contribution in [2.24, 2.45) is 0 Å². The van der Waals surface area contributed by atoms with Gasteiger partial charge in [-0.05, 0) is 0 Å². The SMILES string of the molecule is COCCNc1cc(Cl)ncn1. The van der Waals surface area contributed by atoms with Crippen molar-refractivity contribution in [2.75, 3.05) is 25.6 Å². The summed E-state index contributed by atoms with van der Waals surface area (Å²) in [5.41, 5.74) is 0. The predicted molar refractivity (Wildman–Crippen MR) is 47.4 cm³/mol. The van der Waals surface area contributed by atoms with Gasteiger partial charge >= 0.3 is 0 Å². The number of nitrogens with one attached hydrogen (secondary N) is 1. The van der Waals surface area contributed by atoms with Gasteiger partial charge in [-0.1, -0.05) is 11.6 Å². The average molecular weight is 188 g/mol. The van der Waals surface area contributed by atoms with Crippen molar-refractivity contribution in [3.8, 4) is 0 Å². The van der Waals surface area contributed by atoms with Gasteiger partial charge < -0.3 is 10.1 Å². The number of nitrogens with zero attached hydrogens (tertiary/aromatic N) is 2. The number of methoxy groups -OCH3 is 1. The average Bonchev–Trinajstić information content (AvgIpc) is 2.05. The fourth-order valence-electron chi connectivity index (χ4n) is 0.711. The second-order valence-electron chi connectivity index (χ2n) is 2.15. The van der Waals surface area contributed by atoms with Crippen LogP contribution in [0.2, 0.25) is 5.15 Å². The van der Waals surface area contributed by atoms with Crippen molar-refractivity contribution >= 4 is 17.4 Å². The minimum absolute atomic E-state index is 0.435. The molecule has 66 valence electrons. The standard InChI is InChI=1S/C7H10ClN3O/c1-12-3-2-9-7-4-6(8)10-5-11-7/h4-5H,2-3H2,1H3,(H,9,10,11). The third-order valence-electron chi connectivity index (χ3n) is 1.25. The summed E-state index contributed by atoms with van der Waals surface area (Å²) in [6, 6.07) is 1.66. The van der Waals surface area contributed by atoms with E-state index >= 15 is 0 Å². The number of anilines is 1. The van der Waals surface area contributed by atoms with E-state index in [1.54, 1.807) is 13.2 Å². The molecule has 4 nitrogen and oxygen atoms in total. The first-order chi connectivity index (χ1) is 5.83. The zero-order valence-corrected chi connectivity index (χ0v) is 7.51. The summed E-state index contributed by atoms with van der Waals surface area (Å²) < 4.78 is 4.85. The Labute approximate surface area is 75.9 Å². The minimum atomic E-state index is 0.435. The summed E-state index contributed by atoms with van der Waals surface area (Å²) in [5, 5.41) is 3.46. The van der Waals surface area contributed by atoms with E-state index in [1.165, 1.54) is 6.33 Å². The van der Waals surface area contributed by atoms with Crippen LogP contribution in [-0.4, -0.2) is 30.2 Å². The maximum Gasteiger partial charge on any atom is 0.134 e. The second-order valence-corrected chi connectivity index (χ2v) is 2.53. The monoisotopic (exact) mass is 187 g/mol.